The third kappa shape index (κ3) is 5.39. The van der Waals surface area contributed by atoms with Crippen LogP contribution in [-0.4, -0.2) is 0 Å². The molecule has 12 rings (SSSR count). The van der Waals surface area contributed by atoms with Crippen molar-refractivity contribution in [1.82, 2.24) is 0 Å². The molecule has 64 heavy (non-hydrogen) atoms. The summed E-state index contributed by atoms with van der Waals surface area (Å²) in [6, 6.07) is 84.2. The molecule has 9 aromatic rings. The molecule has 2 aliphatic carbocycles. The van der Waals surface area contributed by atoms with Gasteiger partial charge in [0.25, 0.3) is 0 Å². The Morgan fingerprint density at radius 1 is 0.391 bits per heavy atom. The third-order valence-corrected chi connectivity index (χ3v) is 13.6. The second-order valence-electron chi connectivity index (χ2n) is 16.7. The second-order valence-corrected chi connectivity index (χ2v) is 16.7. The van der Waals surface area contributed by atoms with E-state index in [1.54, 1.807) is 0 Å². The third-order valence-electron chi connectivity index (χ3n) is 13.6. The average Bonchev–Trinajstić information content (AvgIpc) is 3.83. The summed E-state index contributed by atoms with van der Waals surface area (Å²) in [7, 11) is 0. The van der Waals surface area contributed by atoms with Crippen molar-refractivity contribution < 1.29 is 4.74 Å². The van der Waals surface area contributed by atoms with Crippen LogP contribution in [-0.2, 0) is 10.8 Å². The number of fused-ring (bicyclic) bond motifs is 10. The highest BCUT2D eigenvalue weighted by Crippen LogP contribution is 2.63. The molecule has 2 nitrogen and oxygen atoms in total. The quantitative estimate of drug-likeness (QED) is 0.142. The Hall–Kier alpha value is -8.20. The van der Waals surface area contributed by atoms with E-state index in [1.165, 1.54) is 55.6 Å². The summed E-state index contributed by atoms with van der Waals surface area (Å²) >= 11 is 0. The van der Waals surface area contributed by atoms with E-state index in [9.17, 15) is 0 Å². The summed E-state index contributed by atoms with van der Waals surface area (Å²) in [5, 5.41) is 0. The lowest BCUT2D eigenvalue weighted by Crippen LogP contribution is -2.33. The number of para-hydroxylation sites is 2. The first-order chi connectivity index (χ1) is 31.7. The Kier molecular flexibility index (Phi) is 8.81. The zero-order chi connectivity index (χ0) is 42.7. The molecule has 2 heteroatoms. The standard InChI is InChI=1S/C62H43NO/c1-2-3-34-59-60(62(56-33-19-20-35-58(56)64-59)54-31-17-14-27-49(54)50-28-15-18-32-55(50)62)43-36-38-47(39-37-43)63(46-25-11-6-12-26-46)48-40-41-52-51-29-13-16-30-53(51)61(57(52)42-48,44-21-7-4-8-22-44)45-23-9-5-10-24-45/h2-42H,1H2/b34-3-. The Labute approximate surface area is 375 Å². The van der Waals surface area contributed by atoms with Crippen LogP contribution in [0, 0.1) is 0 Å². The van der Waals surface area contributed by atoms with Crippen LogP contribution >= 0.6 is 0 Å². The van der Waals surface area contributed by atoms with Gasteiger partial charge in [0.2, 0.25) is 0 Å². The number of ether oxygens (including phenoxy) is 1. The molecule has 1 heterocycles. The van der Waals surface area contributed by atoms with Crippen molar-refractivity contribution in [3.8, 4) is 28.0 Å². The molecular weight excluding hydrogens is 775 g/mol. The molecule has 0 saturated carbocycles. The van der Waals surface area contributed by atoms with Crippen LogP contribution in [0.1, 0.15) is 44.5 Å². The number of allylic oxidation sites excluding steroid dienone is 4. The highest BCUT2D eigenvalue weighted by atomic mass is 16.5. The monoisotopic (exact) mass is 817 g/mol. The minimum atomic E-state index is -0.628. The average molecular weight is 818 g/mol. The van der Waals surface area contributed by atoms with Gasteiger partial charge < -0.3 is 9.64 Å². The number of rotatable bonds is 8. The van der Waals surface area contributed by atoms with E-state index in [4.69, 9.17) is 4.74 Å². The molecular formula is C62H43NO. The van der Waals surface area contributed by atoms with Crippen LogP contribution in [0.25, 0.3) is 27.8 Å². The lowest BCUT2D eigenvalue weighted by atomic mass is 9.64. The molecule has 1 spiro atoms. The van der Waals surface area contributed by atoms with Crippen molar-refractivity contribution in [3.05, 3.63) is 306 Å². The van der Waals surface area contributed by atoms with E-state index in [0.717, 1.165) is 45.3 Å². The number of anilines is 3. The highest BCUT2D eigenvalue weighted by molar-refractivity contribution is 5.99. The maximum atomic E-state index is 6.93. The van der Waals surface area contributed by atoms with Gasteiger partial charge in [-0.15, -0.1) is 0 Å². The maximum absolute atomic E-state index is 6.93. The number of hydrogen-bond donors (Lipinski definition) is 0. The number of benzene rings is 9. The minimum Gasteiger partial charge on any atom is -0.457 e. The predicted molar refractivity (Wildman–Crippen MR) is 264 cm³/mol. The van der Waals surface area contributed by atoms with Crippen LogP contribution in [0.5, 0.6) is 5.75 Å². The summed E-state index contributed by atoms with van der Waals surface area (Å²) in [5.41, 5.74) is 17.9. The molecule has 0 aromatic heterocycles. The molecule has 0 fully saturated rings. The van der Waals surface area contributed by atoms with Crippen molar-refractivity contribution >= 4 is 22.6 Å². The van der Waals surface area contributed by atoms with Crippen LogP contribution in [0.4, 0.5) is 17.1 Å². The van der Waals surface area contributed by atoms with Gasteiger partial charge in [-0.1, -0.05) is 207 Å². The minimum absolute atomic E-state index is 0.516. The van der Waals surface area contributed by atoms with Crippen molar-refractivity contribution in [2.75, 3.05) is 4.90 Å². The van der Waals surface area contributed by atoms with Gasteiger partial charge in [-0.2, -0.15) is 0 Å². The molecule has 0 unspecified atom stereocenters. The van der Waals surface area contributed by atoms with Gasteiger partial charge in [0.05, 0.1) is 10.8 Å². The Morgan fingerprint density at radius 3 is 1.42 bits per heavy atom. The van der Waals surface area contributed by atoms with Gasteiger partial charge in [0.15, 0.2) is 0 Å². The fraction of sp³-hybridized carbons (Fsp3) is 0.0323. The van der Waals surface area contributed by atoms with E-state index in [2.05, 4.69) is 248 Å². The van der Waals surface area contributed by atoms with E-state index < -0.39 is 10.8 Å². The van der Waals surface area contributed by atoms with Crippen molar-refractivity contribution in [2.45, 2.75) is 10.8 Å². The van der Waals surface area contributed by atoms with Crippen LogP contribution in [0.15, 0.2) is 261 Å². The zero-order valence-corrected chi connectivity index (χ0v) is 35.2. The molecule has 0 bridgehead atoms. The maximum Gasteiger partial charge on any atom is 0.132 e. The summed E-state index contributed by atoms with van der Waals surface area (Å²) in [6.45, 7) is 4.04. The van der Waals surface area contributed by atoms with E-state index in [0.29, 0.717) is 0 Å². The summed E-state index contributed by atoms with van der Waals surface area (Å²) in [5.74, 6) is 1.66. The Bertz CT molecular complexity index is 3220. The summed E-state index contributed by atoms with van der Waals surface area (Å²) in [4.78, 5) is 2.39. The molecule has 3 aliphatic rings. The number of hydrogen-bond acceptors (Lipinski definition) is 2. The van der Waals surface area contributed by atoms with Gasteiger partial charge in [0, 0.05) is 28.2 Å². The van der Waals surface area contributed by atoms with Gasteiger partial charge in [-0.25, -0.2) is 0 Å². The molecule has 1 aliphatic heterocycles. The Morgan fingerprint density at radius 2 is 0.844 bits per heavy atom. The first kappa shape index (κ1) is 37.6. The summed E-state index contributed by atoms with van der Waals surface area (Å²) in [6.07, 6.45) is 5.87. The van der Waals surface area contributed by atoms with Crippen LogP contribution < -0.4 is 9.64 Å². The fourth-order valence-corrected chi connectivity index (χ4v) is 11.2. The lowest BCUT2D eigenvalue weighted by Gasteiger charge is -2.41. The van der Waals surface area contributed by atoms with Crippen molar-refractivity contribution in [1.29, 1.82) is 0 Å². The molecule has 0 atom stereocenters. The van der Waals surface area contributed by atoms with E-state index in [1.807, 2.05) is 12.2 Å². The molecule has 9 aromatic carbocycles. The number of nitrogens with zero attached hydrogens (tertiary/aromatic N) is 1. The van der Waals surface area contributed by atoms with Crippen LogP contribution in [0.3, 0.4) is 0 Å². The molecule has 0 radical (unpaired) electrons. The Balaban J connectivity index is 1.07. The summed E-state index contributed by atoms with van der Waals surface area (Å²) < 4.78 is 6.93. The molecule has 302 valence electrons. The van der Waals surface area contributed by atoms with E-state index in [-0.39, 0.29) is 0 Å². The zero-order valence-electron chi connectivity index (χ0n) is 35.2. The normalized spacial score (nSPS) is 14.6. The smallest absolute Gasteiger partial charge is 0.132 e. The molecule has 0 amide bonds. The molecule has 0 saturated heterocycles. The van der Waals surface area contributed by atoms with Crippen LogP contribution in [0.2, 0.25) is 0 Å². The fourth-order valence-electron chi connectivity index (χ4n) is 11.2. The largest absolute Gasteiger partial charge is 0.457 e. The first-order valence-electron chi connectivity index (χ1n) is 22.0. The highest BCUT2D eigenvalue weighted by Gasteiger charge is 2.52. The van der Waals surface area contributed by atoms with Crippen molar-refractivity contribution in [3.63, 3.8) is 0 Å². The second kappa shape index (κ2) is 15.0. The van der Waals surface area contributed by atoms with Crippen molar-refractivity contribution in [2.24, 2.45) is 0 Å². The van der Waals surface area contributed by atoms with Gasteiger partial charge in [0.1, 0.15) is 11.5 Å². The van der Waals surface area contributed by atoms with Gasteiger partial charge >= 0.3 is 0 Å². The lowest BCUT2D eigenvalue weighted by molar-refractivity contribution is 0.418. The topological polar surface area (TPSA) is 12.5 Å². The van der Waals surface area contributed by atoms with Gasteiger partial charge in [-0.3, -0.25) is 0 Å². The first-order valence-corrected chi connectivity index (χ1v) is 22.0. The molecule has 0 N–H and O–H groups in total. The predicted octanol–water partition coefficient (Wildman–Crippen LogP) is 15.4. The van der Waals surface area contributed by atoms with E-state index >= 15 is 0 Å². The van der Waals surface area contributed by atoms with Gasteiger partial charge in [-0.05, 0) is 110 Å². The SMILES string of the molecule is C=C/C=C\C1=C(c2ccc(N(c3ccccc3)c3ccc4c(c3)C(c3ccccc3)(c3ccccc3)c3ccccc3-4)cc2)C2(c3ccccc3O1)c1ccccc1-c1ccccc12.